The van der Waals surface area contributed by atoms with Crippen molar-refractivity contribution in [2.45, 2.75) is 20.4 Å². The monoisotopic (exact) mass is 325 g/mol. The molecule has 3 rings (SSSR count). The summed E-state index contributed by atoms with van der Waals surface area (Å²) in [6.45, 7) is 5.63. The Kier molecular flexibility index (Phi) is 4.85. The third-order valence-electron chi connectivity index (χ3n) is 3.83. The quantitative estimate of drug-likeness (QED) is 0.479. The molecule has 3 aromatic rings. The lowest BCUT2D eigenvalue weighted by Crippen LogP contribution is -2.12. The summed E-state index contributed by atoms with van der Waals surface area (Å²) in [5, 5.41) is 5.28. The van der Waals surface area contributed by atoms with Gasteiger partial charge >= 0.3 is 0 Å². The molecule has 1 aromatic heterocycles. The molecule has 0 saturated carbocycles. The topological polar surface area (TPSA) is 25.2 Å². The van der Waals surface area contributed by atoms with E-state index in [4.69, 9.17) is 16.0 Å². The third-order valence-corrected chi connectivity index (χ3v) is 4.08. The van der Waals surface area contributed by atoms with Gasteiger partial charge in [-0.2, -0.15) is 0 Å². The second-order valence-corrected chi connectivity index (χ2v) is 6.04. The van der Waals surface area contributed by atoms with Crippen LogP contribution < -0.4 is 5.32 Å². The van der Waals surface area contributed by atoms with Gasteiger partial charge in [-0.1, -0.05) is 47.5 Å². The molecule has 0 aliphatic carbocycles. The number of halogens is 1. The first-order chi connectivity index (χ1) is 11.2. The van der Waals surface area contributed by atoms with Crippen LogP contribution in [0, 0.1) is 6.92 Å². The predicted molar refractivity (Wildman–Crippen MR) is 97.9 cm³/mol. The number of fused-ring (bicyclic) bond motifs is 1. The normalized spacial score (nSPS) is 11.6. The molecule has 0 fully saturated rings. The van der Waals surface area contributed by atoms with Crippen LogP contribution in [-0.2, 0) is 6.54 Å². The molecule has 0 unspecified atom stereocenters. The first-order valence-electron chi connectivity index (χ1n) is 7.79. The van der Waals surface area contributed by atoms with Gasteiger partial charge in [-0.25, -0.2) is 0 Å². The lowest BCUT2D eigenvalue weighted by atomic mass is 10.0. The number of hydrogen-bond donors (Lipinski definition) is 1. The lowest BCUT2D eigenvalue weighted by Gasteiger charge is -2.05. The van der Waals surface area contributed by atoms with Crippen molar-refractivity contribution >= 4 is 22.6 Å². The second-order valence-electron chi connectivity index (χ2n) is 5.61. The van der Waals surface area contributed by atoms with E-state index in [2.05, 4.69) is 30.4 Å². The first-order valence-corrected chi connectivity index (χ1v) is 8.16. The van der Waals surface area contributed by atoms with Crippen LogP contribution in [-0.4, -0.2) is 6.54 Å². The molecule has 23 heavy (non-hydrogen) atoms. The zero-order valence-electron chi connectivity index (χ0n) is 13.4. The maximum Gasteiger partial charge on any atom is 0.135 e. The fraction of sp³-hybridized carbons (Fsp3) is 0.200. The van der Waals surface area contributed by atoms with Gasteiger partial charge in [0.05, 0.1) is 6.54 Å². The number of benzene rings is 2. The summed E-state index contributed by atoms with van der Waals surface area (Å²) in [6, 6.07) is 14.2. The van der Waals surface area contributed by atoms with Gasteiger partial charge in [0.2, 0.25) is 0 Å². The van der Waals surface area contributed by atoms with Gasteiger partial charge in [0.15, 0.2) is 0 Å². The van der Waals surface area contributed by atoms with Gasteiger partial charge < -0.3 is 9.73 Å². The summed E-state index contributed by atoms with van der Waals surface area (Å²) < 4.78 is 6.10. The van der Waals surface area contributed by atoms with Gasteiger partial charge in [0.25, 0.3) is 0 Å². The molecular weight excluding hydrogens is 306 g/mol. The highest BCUT2D eigenvalue weighted by Crippen LogP contribution is 2.35. The minimum atomic E-state index is 0.691. The molecule has 0 atom stereocenters. The van der Waals surface area contributed by atoms with Crippen molar-refractivity contribution in [1.29, 1.82) is 0 Å². The van der Waals surface area contributed by atoms with Gasteiger partial charge in [0, 0.05) is 22.5 Å². The number of furan rings is 1. The molecule has 0 radical (unpaired) electrons. The predicted octanol–water partition coefficient (Wildman–Crippen LogP) is 5.73. The Hall–Kier alpha value is -2.03. The molecule has 1 heterocycles. The van der Waals surface area contributed by atoms with Crippen molar-refractivity contribution in [2.75, 3.05) is 6.54 Å². The molecule has 1 N–H and O–H groups in total. The largest absolute Gasteiger partial charge is 0.459 e. The Morgan fingerprint density at radius 3 is 2.65 bits per heavy atom. The van der Waals surface area contributed by atoms with E-state index in [1.807, 2.05) is 43.3 Å². The number of allylic oxidation sites excluding steroid dienone is 1. The lowest BCUT2D eigenvalue weighted by molar-refractivity contribution is 0.526. The third kappa shape index (κ3) is 3.49. The summed E-state index contributed by atoms with van der Waals surface area (Å²) in [7, 11) is 0. The van der Waals surface area contributed by atoms with Crippen molar-refractivity contribution in [3.8, 4) is 11.1 Å². The Bertz CT molecular complexity index is 831. The van der Waals surface area contributed by atoms with E-state index in [0.717, 1.165) is 39.4 Å². The summed E-state index contributed by atoms with van der Waals surface area (Å²) in [4.78, 5) is 0. The van der Waals surface area contributed by atoms with Crippen molar-refractivity contribution in [2.24, 2.45) is 0 Å². The van der Waals surface area contributed by atoms with Crippen LogP contribution >= 0.6 is 11.6 Å². The molecule has 2 aromatic carbocycles. The zero-order valence-corrected chi connectivity index (χ0v) is 14.2. The second kappa shape index (κ2) is 7.03. The van der Waals surface area contributed by atoms with Crippen LogP contribution in [0.25, 0.3) is 22.1 Å². The van der Waals surface area contributed by atoms with Crippen LogP contribution in [0.2, 0.25) is 5.02 Å². The van der Waals surface area contributed by atoms with Crippen LogP contribution in [0.5, 0.6) is 0 Å². The van der Waals surface area contributed by atoms with E-state index in [1.54, 1.807) is 0 Å². The first kappa shape index (κ1) is 15.9. The smallest absolute Gasteiger partial charge is 0.135 e. The maximum atomic E-state index is 6.10. The van der Waals surface area contributed by atoms with Gasteiger partial charge in [-0.05, 0) is 43.7 Å². The number of nitrogens with one attached hydrogen (secondary N) is 1. The van der Waals surface area contributed by atoms with Gasteiger partial charge in [-0.3, -0.25) is 0 Å². The Labute approximate surface area is 141 Å². The van der Waals surface area contributed by atoms with E-state index in [1.165, 1.54) is 5.56 Å². The number of rotatable bonds is 5. The van der Waals surface area contributed by atoms with E-state index in [9.17, 15) is 0 Å². The number of hydrogen-bond acceptors (Lipinski definition) is 2. The molecule has 0 spiro atoms. The summed E-state index contributed by atoms with van der Waals surface area (Å²) >= 11 is 6.03. The minimum Gasteiger partial charge on any atom is -0.459 e. The Morgan fingerprint density at radius 2 is 1.91 bits per heavy atom. The summed E-state index contributed by atoms with van der Waals surface area (Å²) in [5.41, 5.74) is 4.42. The average molecular weight is 326 g/mol. The van der Waals surface area contributed by atoms with Gasteiger partial charge in [-0.15, -0.1) is 0 Å². The zero-order chi connectivity index (χ0) is 16.2. The van der Waals surface area contributed by atoms with Crippen molar-refractivity contribution in [3.63, 3.8) is 0 Å². The Balaban J connectivity index is 2.07. The van der Waals surface area contributed by atoms with Crippen LogP contribution in [0.15, 0.2) is 59.0 Å². The number of aryl methyl sites for hydroxylation is 1. The highest BCUT2D eigenvalue weighted by atomic mass is 35.5. The molecule has 118 valence electrons. The highest BCUT2D eigenvalue weighted by molar-refractivity contribution is 6.30. The van der Waals surface area contributed by atoms with E-state index < -0.39 is 0 Å². The molecule has 3 heteroatoms. The molecule has 0 bridgehead atoms. The summed E-state index contributed by atoms with van der Waals surface area (Å²) in [5.74, 6) is 0.956. The SMILES string of the molecule is C/C=C/CNCc1oc2ccc(C)cc2c1-c1ccc(Cl)cc1. The fourth-order valence-electron chi connectivity index (χ4n) is 2.71. The fourth-order valence-corrected chi connectivity index (χ4v) is 2.83. The highest BCUT2D eigenvalue weighted by Gasteiger charge is 2.15. The van der Waals surface area contributed by atoms with Crippen molar-refractivity contribution in [3.05, 3.63) is 71.0 Å². The van der Waals surface area contributed by atoms with Crippen molar-refractivity contribution in [1.82, 2.24) is 5.32 Å². The van der Waals surface area contributed by atoms with Crippen LogP contribution in [0.1, 0.15) is 18.2 Å². The molecule has 0 aliphatic heterocycles. The molecule has 0 amide bonds. The summed E-state index contributed by atoms with van der Waals surface area (Å²) in [6.07, 6.45) is 4.13. The van der Waals surface area contributed by atoms with Crippen molar-refractivity contribution < 1.29 is 4.42 Å². The van der Waals surface area contributed by atoms with Crippen LogP contribution in [0.3, 0.4) is 0 Å². The Morgan fingerprint density at radius 1 is 1.13 bits per heavy atom. The molecule has 2 nitrogen and oxygen atoms in total. The minimum absolute atomic E-state index is 0.691. The van der Waals surface area contributed by atoms with Gasteiger partial charge in [0.1, 0.15) is 11.3 Å². The van der Waals surface area contributed by atoms with E-state index >= 15 is 0 Å². The molecular formula is C20H20ClNO. The maximum absolute atomic E-state index is 6.10. The van der Waals surface area contributed by atoms with E-state index in [0.29, 0.717) is 6.54 Å². The molecule has 0 aliphatic rings. The average Bonchev–Trinajstić information content (AvgIpc) is 2.90. The standard InChI is InChI=1S/C20H20ClNO/c1-3-4-11-22-13-19-20(15-6-8-16(21)9-7-15)17-12-14(2)5-10-18(17)23-19/h3-10,12,22H,11,13H2,1-2H3/b4-3+. The van der Waals surface area contributed by atoms with Crippen LogP contribution in [0.4, 0.5) is 0 Å². The van der Waals surface area contributed by atoms with E-state index in [-0.39, 0.29) is 0 Å². The molecule has 0 saturated heterocycles.